The van der Waals surface area contributed by atoms with Crippen molar-refractivity contribution >= 4 is 23.4 Å². The summed E-state index contributed by atoms with van der Waals surface area (Å²) in [5, 5.41) is 9.26. The zero-order valence-corrected chi connectivity index (χ0v) is 11.9. The highest BCUT2D eigenvalue weighted by Gasteiger charge is 2.18. The average molecular weight is 271 g/mol. The SMILES string of the molecule is CC(C)CN(c1ncc(C(=O)O)cc1Cl)C(C)C. The minimum Gasteiger partial charge on any atom is -0.478 e. The second kappa shape index (κ2) is 6.05. The van der Waals surface area contributed by atoms with Crippen molar-refractivity contribution in [2.24, 2.45) is 5.92 Å². The Hall–Kier alpha value is -1.29. The molecule has 1 rings (SSSR count). The molecule has 0 aromatic carbocycles. The summed E-state index contributed by atoms with van der Waals surface area (Å²) in [6, 6.07) is 1.70. The van der Waals surface area contributed by atoms with Crippen LogP contribution in [0.3, 0.4) is 0 Å². The lowest BCUT2D eigenvalue weighted by molar-refractivity contribution is 0.0696. The molecule has 0 bridgehead atoms. The van der Waals surface area contributed by atoms with Gasteiger partial charge in [-0.3, -0.25) is 0 Å². The Morgan fingerprint density at radius 3 is 2.44 bits per heavy atom. The van der Waals surface area contributed by atoms with Crippen molar-refractivity contribution in [2.45, 2.75) is 33.7 Å². The van der Waals surface area contributed by atoms with Crippen LogP contribution in [-0.2, 0) is 0 Å². The minimum atomic E-state index is -1.02. The van der Waals surface area contributed by atoms with E-state index >= 15 is 0 Å². The molecule has 5 heteroatoms. The molecule has 0 saturated heterocycles. The Kier molecular flexibility index (Phi) is 4.96. The van der Waals surface area contributed by atoms with Gasteiger partial charge in [-0.2, -0.15) is 0 Å². The molecular weight excluding hydrogens is 252 g/mol. The average Bonchev–Trinajstić information content (AvgIpc) is 2.25. The number of carbonyl (C=O) groups is 1. The van der Waals surface area contributed by atoms with E-state index in [-0.39, 0.29) is 11.6 Å². The number of halogens is 1. The zero-order valence-electron chi connectivity index (χ0n) is 11.1. The predicted molar refractivity (Wildman–Crippen MR) is 73.5 cm³/mol. The molecule has 0 fully saturated rings. The number of pyridine rings is 1. The Labute approximate surface area is 113 Å². The molecule has 18 heavy (non-hydrogen) atoms. The van der Waals surface area contributed by atoms with Gasteiger partial charge in [-0.1, -0.05) is 25.4 Å². The van der Waals surface area contributed by atoms with Crippen LogP contribution in [0.2, 0.25) is 5.02 Å². The molecule has 0 unspecified atom stereocenters. The third kappa shape index (κ3) is 3.60. The summed E-state index contributed by atoms with van der Waals surface area (Å²) in [5.41, 5.74) is 0.108. The molecule has 0 atom stereocenters. The van der Waals surface area contributed by atoms with Crippen molar-refractivity contribution in [3.8, 4) is 0 Å². The number of hydrogen-bond donors (Lipinski definition) is 1. The first-order valence-corrected chi connectivity index (χ1v) is 6.36. The third-order valence-electron chi connectivity index (χ3n) is 2.53. The quantitative estimate of drug-likeness (QED) is 0.892. The van der Waals surface area contributed by atoms with Crippen LogP contribution in [0.4, 0.5) is 5.82 Å². The Morgan fingerprint density at radius 2 is 2.06 bits per heavy atom. The van der Waals surface area contributed by atoms with E-state index in [1.165, 1.54) is 12.3 Å². The maximum absolute atomic E-state index is 10.8. The molecule has 4 nitrogen and oxygen atoms in total. The van der Waals surface area contributed by atoms with Gasteiger partial charge in [0.15, 0.2) is 0 Å². The summed E-state index contributed by atoms with van der Waals surface area (Å²) in [4.78, 5) is 17.1. The van der Waals surface area contributed by atoms with E-state index in [9.17, 15) is 4.79 Å². The van der Waals surface area contributed by atoms with Crippen LogP contribution < -0.4 is 4.90 Å². The van der Waals surface area contributed by atoms with Crippen LogP contribution in [0.15, 0.2) is 12.3 Å². The highest BCUT2D eigenvalue weighted by atomic mass is 35.5. The highest BCUT2D eigenvalue weighted by molar-refractivity contribution is 6.33. The van der Waals surface area contributed by atoms with E-state index in [1.807, 2.05) is 0 Å². The molecule has 1 heterocycles. The highest BCUT2D eigenvalue weighted by Crippen LogP contribution is 2.26. The number of aromatic nitrogens is 1. The molecule has 100 valence electrons. The smallest absolute Gasteiger partial charge is 0.337 e. The number of hydrogen-bond acceptors (Lipinski definition) is 3. The third-order valence-corrected chi connectivity index (χ3v) is 2.80. The van der Waals surface area contributed by atoms with Crippen LogP contribution in [0.25, 0.3) is 0 Å². The van der Waals surface area contributed by atoms with Gasteiger partial charge in [0.1, 0.15) is 5.82 Å². The van der Waals surface area contributed by atoms with Crippen LogP contribution in [0, 0.1) is 5.92 Å². The normalized spacial score (nSPS) is 11.1. The molecule has 0 radical (unpaired) electrons. The Balaban J connectivity index is 3.09. The van der Waals surface area contributed by atoms with Crippen LogP contribution in [0.5, 0.6) is 0 Å². The van der Waals surface area contributed by atoms with Crippen LogP contribution >= 0.6 is 11.6 Å². The van der Waals surface area contributed by atoms with Crippen LogP contribution in [-0.4, -0.2) is 28.6 Å². The van der Waals surface area contributed by atoms with Crippen molar-refractivity contribution in [3.05, 3.63) is 22.8 Å². The molecule has 0 aliphatic rings. The van der Waals surface area contributed by atoms with Crippen molar-refractivity contribution in [1.82, 2.24) is 4.98 Å². The second-order valence-corrected chi connectivity index (χ2v) is 5.38. The van der Waals surface area contributed by atoms with Crippen molar-refractivity contribution in [2.75, 3.05) is 11.4 Å². The molecule has 0 amide bonds. The van der Waals surface area contributed by atoms with Gasteiger partial charge in [0.25, 0.3) is 0 Å². The number of nitrogens with zero attached hydrogens (tertiary/aromatic N) is 2. The first-order valence-electron chi connectivity index (χ1n) is 5.98. The lowest BCUT2D eigenvalue weighted by Crippen LogP contribution is -2.35. The topological polar surface area (TPSA) is 53.4 Å². The lowest BCUT2D eigenvalue weighted by atomic mass is 10.1. The molecular formula is C13H19ClN2O2. The van der Waals surface area contributed by atoms with E-state index in [0.717, 1.165) is 6.54 Å². The van der Waals surface area contributed by atoms with Gasteiger partial charge in [-0.05, 0) is 25.8 Å². The monoisotopic (exact) mass is 270 g/mol. The van der Waals surface area contributed by atoms with Crippen LogP contribution in [0.1, 0.15) is 38.1 Å². The fourth-order valence-corrected chi connectivity index (χ4v) is 1.97. The molecule has 1 aromatic heterocycles. The predicted octanol–water partition coefficient (Wildman–Crippen LogP) is 3.30. The summed E-state index contributed by atoms with van der Waals surface area (Å²) in [6.45, 7) is 9.19. The van der Waals surface area contributed by atoms with E-state index < -0.39 is 5.97 Å². The van der Waals surface area contributed by atoms with E-state index in [1.54, 1.807) is 0 Å². The number of rotatable bonds is 5. The maximum atomic E-state index is 10.8. The standard InChI is InChI=1S/C13H19ClN2O2/c1-8(2)7-16(9(3)4)12-11(14)5-10(6-15-12)13(17)18/h5-6,8-9H,7H2,1-4H3,(H,17,18). The summed E-state index contributed by atoms with van der Waals surface area (Å²) < 4.78 is 0. The van der Waals surface area contributed by atoms with Gasteiger partial charge in [0.05, 0.1) is 10.6 Å². The summed E-state index contributed by atoms with van der Waals surface area (Å²) >= 11 is 6.13. The van der Waals surface area contributed by atoms with Gasteiger partial charge in [-0.15, -0.1) is 0 Å². The largest absolute Gasteiger partial charge is 0.478 e. The first-order chi connectivity index (χ1) is 8.32. The van der Waals surface area contributed by atoms with Gasteiger partial charge in [0, 0.05) is 18.8 Å². The van der Waals surface area contributed by atoms with Crippen molar-refractivity contribution in [1.29, 1.82) is 0 Å². The summed E-state index contributed by atoms with van der Waals surface area (Å²) in [7, 11) is 0. The molecule has 0 spiro atoms. The van der Waals surface area contributed by atoms with E-state index in [0.29, 0.717) is 16.8 Å². The number of aromatic carboxylic acids is 1. The van der Waals surface area contributed by atoms with E-state index in [4.69, 9.17) is 16.7 Å². The molecule has 0 aliphatic heterocycles. The lowest BCUT2D eigenvalue weighted by Gasteiger charge is -2.30. The number of carboxylic acids is 1. The summed E-state index contributed by atoms with van der Waals surface area (Å²) in [5.74, 6) is 0.102. The fourth-order valence-electron chi connectivity index (χ4n) is 1.69. The Bertz CT molecular complexity index is 433. The molecule has 0 aliphatic carbocycles. The number of anilines is 1. The summed E-state index contributed by atoms with van der Waals surface area (Å²) in [6.07, 6.45) is 1.35. The van der Waals surface area contributed by atoms with Gasteiger partial charge in [-0.25, -0.2) is 9.78 Å². The van der Waals surface area contributed by atoms with Gasteiger partial charge >= 0.3 is 5.97 Å². The molecule has 0 saturated carbocycles. The first kappa shape index (κ1) is 14.8. The molecule has 1 N–H and O–H groups in total. The number of carboxylic acid groups (broad SMARTS) is 1. The fraction of sp³-hybridized carbons (Fsp3) is 0.538. The molecule has 1 aromatic rings. The van der Waals surface area contributed by atoms with Crippen molar-refractivity contribution < 1.29 is 9.90 Å². The second-order valence-electron chi connectivity index (χ2n) is 4.97. The minimum absolute atomic E-state index is 0.108. The maximum Gasteiger partial charge on any atom is 0.337 e. The van der Waals surface area contributed by atoms with Crippen molar-refractivity contribution in [3.63, 3.8) is 0 Å². The Morgan fingerprint density at radius 1 is 1.44 bits per heavy atom. The van der Waals surface area contributed by atoms with Gasteiger partial charge in [0.2, 0.25) is 0 Å². The van der Waals surface area contributed by atoms with Gasteiger partial charge < -0.3 is 10.0 Å². The zero-order chi connectivity index (χ0) is 13.9. The van der Waals surface area contributed by atoms with E-state index in [2.05, 4.69) is 37.6 Å².